The van der Waals surface area contributed by atoms with Crippen LogP contribution in [0.4, 0.5) is 0 Å². The SMILES string of the molecule is CCC[C@@H](C)[C@@H]1CCCN1. The third-order valence-corrected chi connectivity index (χ3v) is 2.53. The standard InChI is InChI=1S/C9H19N/c1-3-5-8(2)9-6-4-7-10-9/h8-10H,3-7H2,1-2H3/t8-,9+/m1/s1. The summed E-state index contributed by atoms with van der Waals surface area (Å²) in [7, 11) is 0. The molecule has 0 aliphatic carbocycles. The van der Waals surface area contributed by atoms with E-state index >= 15 is 0 Å². The van der Waals surface area contributed by atoms with Crippen LogP contribution in [0, 0.1) is 5.92 Å². The van der Waals surface area contributed by atoms with E-state index in [2.05, 4.69) is 19.2 Å². The monoisotopic (exact) mass is 141 g/mol. The molecule has 0 aromatic heterocycles. The highest BCUT2D eigenvalue weighted by Crippen LogP contribution is 2.18. The highest BCUT2D eigenvalue weighted by atomic mass is 14.9. The summed E-state index contributed by atoms with van der Waals surface area (Å²) >= 11 is 0. The van der Waals surface area contributed by atoms with Crippen LogP contribution in [0.15, 0.2) is 0 Å². The molecule has 1 aliphatic heterocycles. The molecule has 1 saturated heterocycles. The van der Waals surface area contributed by atoms with Crippen molar-refractivity contribution in [3.63, 3.8) is 0 Å². The molecular weight excluding hydrogens is 122 g/mol. The Hall–Kier alpha value is -0.0400. The molecule has 10 heavy (non-hydrogen) atoms. The number of hydrogen-bond acceptors (Lipinski definition) is 1. The largest absolute Gasteiger partial charge is 0.314 e. The van der Waals surface area contributed by atoms with Crippen LogP contribution in [0.2, 0.25) is 0 Å². The molecule has 1 heterocycles. The first-order valence-corrected chi connectivity index (χ1v) is 4.58. The van der Waals surface area contributed by atoms with Crippen LogP contribution in [0.3, 0.4) is 0 Å². The predicted octanol–water partition coefficient (Wildman–Crippen LogP) is 2.17. The minimum atomic E-state index is 0.833. The molecule has 0 radical (unpaired) electrons. The highest BCUT2D eigenvalue weighted by molar-refractivity contribution is 4.78. The normalized spacial score (nSPS) is 28.8. The predicted molar refractivity (Wildman–Crippen MR) is 45.1 cm³/mol. The zero-order chi connectivity index (χ0) is 7.40. The lowest BCUT2D eigenvalue weighted by Crippen LogP contribution is -2.28. The minimum absolute atomic E-state index is 0.833. The molecule has 1 nitrogen and oxygen atoms in total. The van der Waals surface area contributed by atoms with Gasteiger partial charge in [0.25, 0.3) is 0 Å². The molecule has 2 atom stereocenters. The Morgan fingerprint density at radius 3 is 2.90 bits per heavy atom. The average Bonchev–Trinajstić information content (AvgIpc) is 2.38. The number of hydrogen-bond donors (Lipinski definition) is 1. The van der Waals surface area contributed by atoms with E-state index < -0.39 is 0 Å². The van der Waals surface area contributed by atoms with Crippen molar-refractivity contribution in [3.05, 3.63) is 0 Å². The lowest BCUT2D eigenvalue weighted by molar-refractivity contribution is 0.392. The number of rotatable bonds is 3. The second-order valence-corrected chi connectivity index (χ2v) is 3.47. The van der Waals surface area contributed by atoms with Crippen LogP contribution in [-0.2, 0) is 0 Å². The Morgan fingerprint density at radius 1 is 1.60 bits per heavy atom. The summed E-state index contributed by atoms with van der Waals surface area (Å²) in [4.78, 5) is 0. The van der Waals surface area contributed by atoms with Crippen molar-refractivity contribution < 1.29 is 0 Å². The molecule has 0 aromatic carbocycles. The highest BCUT2D eigenvalue weighted by Gasteiger charge is 2.19. The van der Waals surface area contributed by atoms with E-state index in [1.165, 1.54) is 32.2 Å². The molecule has 60 valence electrons. The summed E-state index contributed by atoms with van der Waals surface area (Å²) in [5, 5.41) is 3.54. The number of nitrogens with one attached hydrogen (secondary N) is 1. The fourth-order valence-electron chi connectivity index (χ4n) is 1.85. The van der Waals surface area contributed by atoms with E-state index in [1.54, 1.807) is 0 Å². The third kappa shape index (κ3) is 1.98. The molecule has 1 aliphatic rings. The van der Waals surface area contributed by atoms with Crippen molar-refractivity contribution in [1.29, 1.82) is 0 Å². The van der Waals surface area contributed by atoms with E-state index in [1.807, 2.05) is 0 Å². The van der Waals surface area contributed by atoms with Gasteiger partial charge in [-0.05, 0) is 31.7 Å². The van der Waals surface area contributed by atoms with Crippen molar-refractivity contribution in [1.82, 2.24) is 5.32 Å². The van der Waals surface area contributed by atoms with Gasteiger partial charge >= 0.3 is 0 Å². The van der Waals surface area contributed by atoms with E-state index in [0.717, 1.165) is 12.0 Å². The Morgan fingerprint density at radius 2 is 2.40 bits per heavy atom. The Balaban J connectivity index is 2.18. The van der Waals surface area contributed by atoms with Gasteiger partial charge in [0.1, 0.15) is 0 Å². The maximum atomic E-state index is 3.54. The first-order valence-electron chi connectivity index (χ1n) is 4.58. The maximum absolute atomic E-state index is 3.54. The van der Waals surface area contributed by atoms with Crippen LogP contribution in [0.5, 0.6) is 0 Å². The van der Waals surface area contributed by atoms with Crippen molar-refractivity contribution in [3.8, 4) is 0 Å². The van der Waals surface area contributed by atoms with Gasteiger partial charge in [-0.3, -0.25) is 0 Å². The van der Waals surface area contributed by atoms with Gasteiger partial charge in [-0.1, -0.05) is 20.3 Å². The van der Waals surface area contributed by atoms with Crippen LogP contribution in [-0.4, -0.2) is 12.6 Å². The second kappa shape index (κ2) is 3.97. The first-order chi connectivity index (χ1) is 4.84. The van der Waals surface area contributed by atoms with Crippen LogP contribution < -0.4 is 5.32 Å². The minimum Gasteiger partial charge on any atom is -0.314 e. The fraction of sp³-hybridized carbons (Fsp3) is 1.00. The van der Waals surface area contributed by atoms with Crippen molar-refractivity contribution in [2.75, 3.05) is 6.54 Å². The molecule has 0 spiro atoms. The summed E-state index contributed by atoms with van der Waals surface area (Å²) in [5.41, 5.74) is 0. The van der Waals surface area contributed by atoms with Gasteiger partial charge in [-0.25, -0.2) is 0 Å². The van der Waals surface area contributed by atoms with E-state index in [-0.39, 0.29) is 0 Å². The molecule has 1 heteroatoms. The quantitative estimate of drug-likeness (QED) is 0.635. The summed E-state index contributed by atoms with van der Waals surface area (Å²) in [5.74, 6) is 0.896. The van der Waals surface area contributed by atoms with Crippen LogP contribution >= 0.6 is 0 Å². The summed E-state index contributed by atoms with van der Waals surface area (Å²) in [6.07, 6.45) is 5.51. The smallest absolute Gasteiger partial charge is 0.00931 e. The van der Waals surface area contributed by atoms with Crippen LogP contribution in [0.1, 0.15) is 39.5 Å². The maximum Gasteiger partial charge on any atom is 0.00931 e. The summed E-state index contributed by atoms with van der Waals surface area (Å²) in [6, 6.07) is 0.833. The first kappa shape index (κ1) is 8.06. The van der Waals surface area contributed by atoms with E-state index in [4.69, 9.17) is 0 Å². The van der Waals surface area contributed by atoms with Crippen molar-refractivity contribution >= 4 is 0 Å². The Bertz CT molecular complexity index is 84.7. The molecule has 0 saturated carbocycles. The zero-order valence-corrected chi connectivity index (χ0v) is 7.19. The lowest BCUT2D eigenvalue weighted by Gasteiger charge is -2.17. The topological polar surface area (TPSA) is 12.0 Å². The molecule has 0 bridgehead atoms. The van der Waals surface area contributed by atoms with Gasteiger partial charge in [-0.15, -0.1) is 0 Å². The van der Waals surface area contributed by atoms with Crippen molar-refractivity contribution in [2.24, 2.45) is 5.92 Å². The van der Waals surface area contributed by atoms with Crippen LogP contribution in [0.25, 0.3) is 0 Å². The van der Waals surface area contributed by atoms with E-state index in [9.17, 15) is 0 Å². The Labute approximate surface area is 64.2 Å². The van der Waals surface area contributed by atoms with E-state index in [0.29, 0.717) is 0 Å². The summed E-state index contributed by atoms with van der Waals surface area (Å²) in [6.45, 7) is 5.89. The van der Waals surface area contributed by atoms with Gasteiger partial charge in [0, 0.05) is 6.04 Å². The zero-order valence-electron chi connectivity index (χ0n) is 7.19. The average molecular weight is 141 g/mol. The molecular formula is C9H19N. The second-order valence-electron chi connectivity index (χ2n) is 3.47. The van der Waals surface area contributed by atoms with Gasteiger partial charge in [0.2, 0.25) is 0 Å². The molecule has 1 N–H and O–H groups in total. The third-order valence-electron chi connectivity index (χ3n) is 2.53. The fourth-order valence-corrected chi connectivity index (χ4v) is 1.85. The van der Waals surface area contributed by atoms with Crippen molar-refractivity contribution in [2.45, 2.75) is 45.6 Å². The molecule has 0 aromatic rings. The molecule has 0 amide bonds. The van der Waals surface area contributed by atoms with Gasteiger partial charge < -0.3 is 5.32 Å². The lowest BCUT2D eigenvalue weighted by atomic mass is 9.96. The molecule has 1 rings (SSSR count). The molecule has 0 unspecified atom stereocenters. The molecule has 1 fully saturated rings. The summed E-state index contributed by atoms with van der Waals surface area (Å²) < 4.78 is 0. The van der Waals surface area contributed by atoms with Gasteiger partial charge in [0.05, 0.1) is 0 Å². The van der Waals surface area contributed by atoms with Gasteiger partial charge in [-0.2, -0.15) is 0 Å². The Kier molecular flexibility index (Phi) is 3.20. The van der Waals surface area contributed by atoms with Gasteiger partial charge in [0.15, 0.2) is 0 Å².